The van der Waals surface area contributed by atoms with Crippen LogP contribution in [0, 0.1) is 0 Å². The third-order valence-electron chi connectivity index (χ3n) is 2.81. The molecule has 0 spiro atoms. The number of benzene rings is 1. The van der Waals surface area contributed by atoms with Crippen LogP contribution < -0.4 is 11.1 Å². The van der Waals surface area contributed by atoms with Crippen LogP contribution in [0.15, 0.2) is 36.7 Å². The molecule has 0 atom stereocenters. The third kappa shape index (κ3) is 3.72. The van der Waals surface area contributed by atoms with Crippen LogP contribution in [0.1, 0.15) is 23.7 Å². The van der Waals surface area contributed by atoms with Crippen molar-refractivity contribution in [3.05, 3.63) is 53.5 Å². The smallest absolute Gasteiger partial charge is 0.144 e. The Balaban J connectivity index is 1.95. The van der Waals surface area contributed by atoms with E-state index in [1.54, 1.807) is 12.4 Å². The molecule has 2 rings (SSSR count). The van der Waals surface area contributed by atoms with E-state index in [9.17, 15) is 0 Å². The molecule has 0 amide bonds. The maximum Gasteiger partial charge on any atom is 0.144 e. The van der Waals surface area contributed by atoms with Gasteiger partial charge in [0.05, 0.1) is 12.4 Å². The normalized spacial score (nSPS) is 10.2. The van der Waals surface area contributed by atoms with Crippen molar-refractivity contribution < 1.29 is 0 Å². The Kier molecular flexibility index (Phi) is 4.41. The van der Waals surface area contributed by atoms with Crippen molar-refractivity contribution >= 4 is 23.0 Å². The number of aryl methyl sites for hydroxylation is 1. The largest absolute Gasteiger partial charge is 0.388 e. The molecule has 19 heavy (non-hydrogen) atoms. The fraction of sp³-hybridized carbons (Fsp3) is 0.214. The minimum Gasteiger partial charge on any atom is -0.388 e. The molecule has 1 aromatic heterocycles. The molecule has 1 heterocycles. The van der Waals surface area contributed by atoms with Gasteiger partial charge in [0.25, 0.3) is 0 Å². The number of rotatable bonds is 5. The average Bonchev–Trinajstić information content (AvgIpc) is 2.46. The Morgan fingerprint density at radius 1 is 1.16 bits per heavy atom. The van der Waals surface area contributed by atoms with Gasteiger partial charge in [-0.05, 0) is 17.5 Å². The number of nitrogens with two attached hydrogens (primary N) is 1. The number of hydrogen-bond acceptors (Lipinski definition) is 4. The molecule has 4 nitrogen and oxygen atoms in total. The SMILES string of the molecule is CCc1ccc(CNc2cnc(C(N)=S)cn2)cc1. The fourth-order valence-electron chi connectivity index (χ4n) is 1.63. The van der Waals surface area contributed by atoms with Crippen LogP contribution >= 0.6 is 12.2 Å². The number of thiocarbonyl (C=S) groups is 1. The van der Waals surface area contributed by atoms with Crippen molar-refractivity contribution in [2.24, 2.45) is 5.73 Å². The third-order valence-corrected chi connectivity index (χ3v) is 3.02. The highest BCUT2D eigenvalue weighted by molar-refractivity contribution is 7.80. The Hall–Kier alpha value is -2.01. The predicted molar refractivity (Wildman–Crippen MR) is 81.1 cm³/mol. The van der Waals surface area contributed by atoms with E-state index < -0.39 is 0 Å². The van der Waals surface area contributed by atoms with Gasteiger partial charge >= 0.3 is 0 Å². The zero-order chi connectivity index (χ0) is 13.7. The second kappa shape index (κ2) is 6.24. The summed E-state index contributed by atoms with van der Waals surface area (Å²) < 4.78 is 0. The van der Waals surface area contributed by atoms with Gasteiger partial charge in [-0.2, -0.15) is 0 Å². The van der Waals surface area contributed by atoms with Crippen LogP contribution in [0.4, 0.5) is 5.82 Å². The van der Waals surface area contributed by atoms with Crippen molar-refractivity contribution in [2.45, 2.75) is 19.9 Å². The summed E-state index contributed by atoms with van der Waals surface area (Å²) in [5.74, 6) is 0.708. The summed E-state index contributed by atoms with van der Waals surface area (Å²) >= 11 is 4.83. The van der Waals surface area contributed by atoms with E-state index in [0.29, 0.717) is 18.1 Å². The number of nitrogens with one attached hydrogen (secondary N) is 1. The van der Waals surface area contributed by atoms with Gasteiger partial charge in [-0.25, -0.2) is 9.97 Å². The van der Waals surface area contributed by atoms with Crippen molar-refractivity contribution in [1.29, 1.82) is 0 Å². The lowest BCUT2D eigenvalue weighted by Gasteiger charge is -2.06. The molecule has 0 aliphatic carbocycles. The number of aromatic nitrogens is 2. The molecule has 0 unspecified atom stereocenters. The van der Waals surface area contributed by atoms with Crippen LogP contribution in [0.5, 0.6) is 0 Å². The first-order valence-corrected chi connectivity index (χ1v) is 6.53. The van der Waals surface area contributed by atoms with E-state index in [2.05, 4.69) is 46.5 Å². The second-order valence-corrected chi connectivity index (χ2v) is 4.61. The summed E-state index contributed by atoms with van der Waals surface area (Å²) in [5.41, 5.74) is 8.54. The zero-order valence-electron chi connectivity index (χ0n) is 10.8. The minimum absolute atomic E-state index is 0.259. The van der Waals surface area contributed by atoms with Crippen molar-refractivity contribution in [2.75, 3.05) is 5.32 Å². The first-order chi connectivity index (χ1) is 9.19. The van der Waals surface area contributed by atoms with Crippen molar-refractivity contribution in [1.82, 2.24) is 9.97 Å². The molecule has 1 aromatic carbocycles. The molecule has 0 fully saturated rings. The lowest BCUT2D eigenvalue weighted by Crippen LogP contribution is -2.12. The highest BCUT2D eigenvalue weighted by Gasteiger charge is 2.00. The molecule has 0 radical (unpaired) electrons. The van der Waals surface area contributed by atoms with Gasteiger partial charge in [0.2, 0.25) is 0 Å². The maximum atomic E-state index is 5.46. The lowest BCUT2D eigenvalue weighted by molar-refractivity contribution is 1.07. The standard InChI is InChI=1S/C14H16N4S/c1-2-10-3-5-11(6-4-10)7-17-13-9-16-12(8-18-13)14(15)19/h3-6,8-9H,2,7H2,1H3,(H2,15,19)(H,17,18). The zero-order valence-corrected chi connectivity index (χ0v) is 11.6. The summed E-state index contributed by atoms with van der Waals surface area (Å²) in [6.07, 6.45) is 4.26. The van der Waals surface area contributed by atoms with Crippen LogP contribution in [0.2, 0.25) is 0 Å². The predicted octanol–water partition coefficient (Wildman–Crippen LogP) is 2.29. The van der Waals surface area contributed by atoms with E-state index >= 15 is 0 Å². The van der Waals surface area contributed by atoms with Crippen molar-refractivity contribution in [3.8, 4) is 0 Å². The molecule has 0 saturated heterocycles. The van der Waals surface area contributed by atoms with E-state index in [0.717, 1.165) is 6.42 Å². The van der Waals surface area contributed by atoms with E-state index in [1.807, 2.05) is 0 Å². The van der Waals surface area contributed by atoms with Gasteiger partial charge in [0.15, 0.2) is 0 Å². The monoisotopic (exact) mass is 272 g/mol. The van der Waals surface area contributed by atoms with Gasteiger partial charge in [0.1, 0.15) is 16.5 Å². The van der Waals surface area contributed by atoms with E-state index in [-0.39, 0.29) is 4.99 Å². The van der Waals surface area contributed by atoms with Gasteiger partial charge in [-0.15, -0.1) is 0 Å². The summed E-state index contributed by atoms with van der Waals surface area (Å²) in [4.78, 5) is 8.59. The Morgan fingerprint density at radius 3 is 2.37 bits per heavy atom. The number of nitrogens with zero attached hydrogens (tertiary/aromatic N) is 2. The number of anilines is 1. The topological polar surface area (TPSA) is 63.8 Å². The van der Waals surface area contributed by atoms with Crippen LogP contribution in [-0.4, -0.2) is 15.0 Å². The summed E-state index contributed by atoms with van der Waals surface area (Å²) in [7, 11) is 0. The first-order valence-electron chi connectivity index (χ1n) is 6.12. The molecular weight excluding hydrogens is 256 g/mol. The number of hydrogen-bond donors (Lipinski definition) is 2. The maximum absolute atomic E-state index is 5.46. The molecule has 0 aliphatic heterocycles. The van der Waals surface area contributed by atoms with Crippen LogP contribution in [-0.2, 0) is 13.0 Å². The Morgan fingerprint density at radius 2 is 1.84 bits per heavy atom. The lowest BCUT2D eigenvalue weighted by atomic mass is 10.1. The molecule has 2 aromatic rings. The molecule has 3 N–H and O–H groups in total. The van der Waals surface area contributed by atoms with Crippen molar-refractivity contribution in [3.63, 3.8) is 0 Å². The molecule has 5 heteroatoms. The summed E-state index contributed by atoms with van der Waals surface area (Å²) in [6.45, 7) is 2.86. The van der Waals surface area contributed by atoms with Gasteiger partial charge < -0.3 is 11.1 Å². The quantitative estimate of drug-likeness (QED) is 0.818. The minimum atomic E-state index is 0.259. The Bertz CT molecular complexity index is 549. The highest BCUT2D eigenvalue weighted by Crippen LogP contribution is 2.08. The fourth-order valence-corrected chi connectivity index (χ4v) is 1.74. The molecule has 0 bridgehead atoms. The highest BCUT2D eigenvalue weighted by atomic mass is 32.1. The van der Waals surface area contributed by atoms with Crippen LogP contribution in [0.25, 0.3) is 0 Å². The molecular formula is C14H16N4S. The second-order valence-electron chi connectivity index (χ2n) is 4.17. The van der Waals surface area contributed by atoms with E-state index in [4.69, 9.17) is 18.0 Å². The average molecular weight is 272 g/mol. The Labute approximate surface area is 118 Å². The molecule has 98 valence electrons. The van der Waals surface area contributed by atoms with Gasteiger partial charge in [-0.1, -0.05) is 43.4 Å². The first kappa shape index (κ1) is 13.4. The van der Waals surface area contributed by atoms with E-state index in [1.165, 1.54) is 11.1 Å². The molecule has 0 saturated carbocycles. The van der Waals surface area contributed by atoms with Gasteiger partial charge in [0, 0.05) is 6.54 Å². The summed E-state index contributed by atoms with van der Waals surface area (Å²) in [5, 5.41) is 3.21. The summed E-state index contributed by atoms with van der Waals surface area (Å²) in [6, 6.07) is 8.50. The van der Waals surface area contributed by atoms with Crippen LogP contribution in [0.3, 0.4) is 0 Å². The molecule has 0 aliphatic rings. The van der Waals surface area contributed by atoms with Gasteiger partial charge in [-0.3, -0.25) is 0 Å².